The van der Waals surface area contributed by atoms with Crippen LogP contribution in [0.1, 0.15) is 57.6 Å². The van der Waals surface area contributed by atoms with E-state index < -0.39 is 46.9 Å². The molecule has 2 unspecified atom stereocenters. The molecule has 2 atom stereocenters. The van der Waals surface area contributed by atoms with Crippen LogP contribution in [0.5, 0.6) is 0 Å². The van der Waals surface area contributed by atoms with Crippen LogP contribution in [0.4, 0.5) is 22.4 Å². The largest absolute Gasteiger partial charge is 0.444 e. The third-order valence-corrected chi connectivity index (χ3v) is 5.18. The van der Waals surface area contributed by atoms with Gasteiger partial charge in [-0.3, -0.25) is 0 Å². The van der Waals surface area contributed by atoms with Crippen LogP contribution in [0.2, 0.25) is 0 Å². The lowest BCUT2D eigenvalue weighted by Gasteiger charge is -2.44. The number of carbonyl (C=O) groups is 1. The van der Waals surface area contributed by atoms with Crippen molar-refractivity contribution >= 4 is 6.09 Å². The Morgan fingerprint density at radius 3 is 2.22 bits per heavy atom. The molecular weight excluding hydrogens is 366 g/mol. The third kappa shape index (κ3) is 3.77. The normalized spacial score (nSPS) is 28.4. The molecule has 1 aromatic carbocycles. The number of halogens is 4. The summed E-state index contributed by atoms with van der Waals surface area (Å²) in [6, 6.07) is 2.14. The average molecular weight is 389 g/mol. The summed E-state index contributed by atoms with van der Waals surface area (Å²) in [6.07, 6.45) is -4.23. The summed E-state index contributed by atoms with van der Waals surface area (Å²) in [5.74, 6) is -1.45. The van der Waals surface area contributed by atoms with Crippen LogP contribution in [0.15, 0.2) is 18.2 Å². The van der Waals surface area contributed by atoms with Crippen LogP contribution in [-0.2, 0) is 16.5 Å². The number of aliphatic hydroxyl groups is 1. The highest BCUT2D eigenvalue weighted by atomic mass is 19.4. The van der Waals surface area contributed by atoms with Gasteiger partial charge in [0.2, 0.25) is 0 Å². The second-order valence-corrected chi connectivity index (χ2v) is 8.38. The molecule has 3 rings (SSSR count). The van der Waals surface area contributed by atoms with Gasteiger partial charge in [0.15, 0.2) is 0 Å². The second kappa shape index (κ2) is 6.36. The molecule has 2 bridgehead atoms. The summed E-state index contributed by atoms with van der Waals surface area (Å²) in [6.45, 7) is 5.22. The first-order valence-electron chi connectivity index (χ1n) is 8.92. The average Bonchev–Trinajstić information content (AvgIpc) is 2.77. The topological polar surface area (TPSA) is 49.8 Å². The van der Waals surface area contributed by atoms with E-state index in [0.29, 0.717) is 18.9 Å². The van der Waals surface area contributed by atoms with Gasteiger partial charge in [-0.2, -0.15) is 13.2 Å². The Balaban J connectivity index is 1.89. The summed E-state index contributed by atoms with van der Waals surface area (Å²) < 4.78 is 59.0. The fourth-order valence-corrected chi connectivity index (χ4v) is 4.17. The van der Waals surface area contributed by atoms with E-state index in [1.165, 1.54) is 6.07 Å². The smallest absolute Gasteiger partial charge is 0.419 e. The lowest BCUT2D eigenvalue weighted by atomic mass is 9.79. The first-order valence-corrected chi connectivity index (χ1v) is 8.92. The van der Waals surface area contributed by atoms with Crippen molar-refractivity contribution < 1.29 is 32.2 Å². The highest BCUT2D eigenvalue weighted by Crippen LogP contribution is 2.47. The van der Waals surface area contributed by atoms with E-state index in [0.717, 1.165) is 6.07 Å². The molecule has 2 fully saturated rings. The number of rotatable bonds is 1. The molecule has 2 aliphatic rings. The van der Waals surface area contributed by atoms with Crippen molar-refractivity contribution in [2.75, 3.05) is 0 Å². The fourth-order valence-electron chi connectivity index (χ4n) is 4.17. The molecule has 27 heavy (non-hydrogen) atoms. The minimum Gasteiger partial charge on any atom is -0.444 e. The predicted molar refractivity (Wildman–Crippen MR) is 89.4 cm³/mol. The van der Waals surface area contributed by atoms with Crippen LogP contribution < -0.4 is 0 Å². The van der Waals surface area contributed by atoms with Gasteiger partial charge in [-0.1, -0.05) is 12.1 Å². The van der Waals surface area contributed by atoms with E-state index in [9.17, 15) is 27.5 Å². The van der Waals surface area contributed by atoms with Gasteiger partial charge in [-0.05, 0) is 39.7 Å². The van der Waals surface area contributed by atoms with Crippen LogP contribution in [0.25, 0.3) is 0 Å². The maximum Gasteiger partial charge on any atom is 0.419 e. The molecule has 0 radical (unpaired) electrons. The van der Waals surface area contributed by atoms with Gasteiger partial charge in [0, 0.05) is 30.5 Å². The van der Waals surface area contributed by atoms with Crippen LogP contribution in [-0.4, -0.2) is 33.8 Å². The SMILES string of the molecule is CC(C)(C)OC(=O)N1C2CCC1CC(O)(c1cccc(C(F)(F)F)c1F)C2. The summed E-state index contributed by atoms with van der Waals surface area (Å²) >= 11 is 0. The maximum atomic E-state index is 14.6. The van der Waals surface area contributed by atoms with E-state index in [-0.39, 0.29) is 18.4 Å². The Labute approximate surface area is 155 Å². The molecule has 1 aromatic rings. The van der Waals surface area contributed by atoms with Crippen molar-refractivity contribution in [1.82, 2.24) is 4.90 Å². The van der Waals surface area contributed by atoms with Crippen molar-refractivity contribution in [3.8, 4) is 0 Å². The molecule has 1 N–H and O–H groups in total. The minimum absolute atomic E-state index is 0.0268. The van der Waals surface area contributed by atoms with Crippen LogP contribution >= 0.6 is 0 Å². The molecule has 0 aliphatic carbocycles. The molecular formula is C19H23F4NO3. The minimum atomic E-state index is -4.84. The van der Waals surface area contributed by atoms with Crippen LogP contribution in [0, 0.1) is 5.82 Å². The number of nitrogens with zero attached hydrogens (tertiary/aromatic N) is 1. The second-order valence-electron chi connectivity index (χ2n) is 8.38. The number of carbonyl (C=O) groups excluding carboxylic acids is 1. The fraction of sp³-hybridized carbons (Fsp3) is 0.632. The standard InChI is InChI=1S/C19H23F4NO3/c1-17(2,3)27-16(25)24-11-7-8-12(24)10-18(26,9-11)13-5-4-6-14(15(13)20)19(21,22)23/h4-6,11-12,26H,7-10H2,1-3H3. The van der Waals surface area contributed by atoms with Gasteiger partial charge in [-0.25, -0.2) is 9.18 Å². The Kier molecular flexibility index (Phi) is 4.69. The number of amides is 1. The summed E-state index contributed by atoms with van der Waals surface area (Å²) in [4.78, 5) is 14.0. The molecule has 4 nitrogen and oxygen atoms in total. The lowest BCUT2D eigenvalue weighted by molar-refractivity contribution is -0.140. The zero-order chi connectivity index (χ0) is 20.2. The number of hydrogen-bond donors (Lipinski definition) is 1. The first kappa shape index (κ1) is 19.9. The molecule has 0 spiro atoms. The highest BCUT2D eigenvalue weighted by Gasteiger charge is 2.52. The summed E-state index contributed by atoms with van der Waals surface area (Å²) in [5.41, 5.74) is -4.19. The highest BCUT2D eigenvalue weighted by molar-refractivity contribution is 5.70. The zero-order valence-electron chi connectivity index (χ0n) is 15.4. The zero-order valence-corrected chi connectivity index (χ0v) is 15.4. The van der Waals surface area contributed by atoms with Crippen molar-refractivity contribution in [2.45, 2.75) is 75.9 Å². The number of piperidine rings is 1. The Hall–Kier alpha value is -1.83. The van der Waals surface area contributed by atoms with E-state index >= 15 is 0 Å². The quantitative estimate of drug-likeness (QED) is 0.715. The van der Waals surface area contributed by atoms with E-state index in [4.69, 9.17) is 4.74 Å². The van der Waals surface area contributed by atoms with Gasteiger partial charge in [0.25, 0.3) is 0 Å². The number of ether oxygens (including phenoxy) is 1. The van der Waals surface area contributed by atoms with Crippen molar-refractivity contribution in [3.63, 3.8) is 0 Å². The Morgan fingerprint density at radius 1 is 1.19 bits per heavy atom. The van der Waals surface area contributed by atoms with Crippen molar-refractivity contribution in [3.05, 3.63) is 35.1 Å². The number of benzene rings is 1. The molecule has 150 valence electrons. The van der Waals surface area contributed by atoms with Gasteiger partial charge < -0.3 is 14.7 Å². The molecule has 2 heterocycles. The molecule has 1 amide bonds. The maximum absolute atomic E-state index is 14.6. The van der Waals surface area contributed by atoms with Crippen LogP contribution in [0.3, 0.4) is 0 Å². The van der Waals surface area contributed by atoms with E-state index in [1.807, 2.05) is 0 Å². The van der Waals surface area contributed by atoms with Gasteiger partial charge >= 0.3 is 12.3 Å². The number of fused-ring (bicyclic) bond motifs is 2. The molecule has 2 aliphatic heterocycles. The first-order chi connectivity index (χ1) is 12.3. The summed E-state index contributed by atoms with van der Waals surface area (Å²) in [7, 11) is 0. The van der Waals surface area contributed by atoms with Gasteiger partial charge in [0.05, 0.1) is 11.2 Å². The van der Waals surface area contributed by atoms with E-state index in [2.05, 4.69) is 0 Å². The summed E-state index contributed by atoms with van der Waals surface area (Å²) in [5, 5.41) is 11.0. The van der Waals surface area contributed by atoms with E-state index in [1.54, 1.807) is 25.7 Å². The molecule has 0 aromatic heterocycles. The molecule has 0 saturated carbocycles. The third-order valence-electron chi connectivity index (χ3n) is 5.18. The monoisotopic (exact) mass is 389 g/mol. The predicted octanol–water partition coefficient (Wildman–Crippen LogP) is 4.59. The van der Waals surface area contributed by atoms with Crippen molar-refractivity contribution in [1.29, 1.82) is 0 Å². The molecule has 2 saturated heterocycles. The Bertz CT molecular complexity index is 727. The van der Waals surface area contributed by atoms with Crippen molar-refractivity contribution in [2.24, 2.45) is 0 Å². The molecule has 8 heteroatoms. The lowest BCUT2D eigenvalue weighted by Crippen LogP contribution is -2.53. The van der Waals surface area contributed by atoms with Gasteiger partial charge in [0.1, 0.15) is 11.4 Å². The Morgan fingerprint density at radius 2 is 1.74 bits per heavy atom. The van der Waals surface area contributed by atoms with Gasteiger partial charge in [-0.15, -0.1) is 0 Å². The number of hydrogen-bond acceptors (Lipinski definition) is 3. The number of alkyl halides is 3.